The molecule has 0 aliphatic carbocycles. The van der Waals surface area contributed by atoms with Gasteiger partial charge in [-0.1, -0.05) is 79.7 Å². The fourth-order valence-electron chi connectivity index (χ4n) is 4.64. The van der Waals surface area contributed by atoms with E-state index >= 15 is 0 Å². The summed E-state index contributed by atoms with van der Waals surface area (Å²) in [6, 6.07) is 26.0. The molecular weight excluding hydrogens is 522 g/mol. The number of amides is 1. The lowest BCUT2D eigenvalue weighted by Gasteiger charge is -2.23. The molecule has 202 valence electrons. The van der Waals surface area contributed by atoms with E-state index in [4.69, 9.17) is 4.74 Å². The van der Waals surface area contributed by atoms with Crippen LogP contribution >= 0.6 is 11.3 Å². The van der Waals surface area contributed by atoms with E-state index < -0.39 is 5.97 Å². The van der Waals surface area contributed by atoms with Crippen LogP contribution in [0.5, 0.6) is 0 Å². The molecule has 5 rings (SSSR count). The molecule has 0 aliphatic heterocycles. The van der Waals surface area contributed by atoms with Crippen molar-refractivity contribution in [3.63, 3.8) is 0 Å². The number of aromatic amines is 1. The van der Waals surface area contributed by atoms with Gasteiger partial charge < -0.3 is 14.6 Å². The number of aromatic nitrogens is 2. The number of carbonyl (C=O) groups is 2. The Kier molecular flexibility index (Phi) is 8.17. The zero-order valence-corrected chi connectivity index (χ0v) is 23.2. The second-order valence-corrected chi connectivity index (χ2v) is 10.7. The number of carbonyl (C=O) groups excluding carboxylic acids is 2. The highest BCUT2D eigenvalue weighted by Crippen LogP contribution is 2.28. The molecular formula is C32H29N3O4S. The first kappa shape index (κ1) is 27.0. The number of hydrogen-bond acceptors (Lipinski definition) is 6. The van der Waals surface area contributed by atoms with Crippen molar-refractivity contribution in [2.75, 3.05) is 6.61 Å². The van der Waals surface area contributed by atoms with Gasteiger partial charge in [0.2, 0.25) is 0 Å². The van der Waals surface area contributed by atoms with Gasteiger partial charge in [-0.05, 0) is 42.2 Å². The summed E-state index contributed by atoms with van der Waals surface area (Å²) in [4.78, 5) is 49.7. The Balaban J connectivity index is 1.27. The predicted octanol–water partition coefficient (Wildman–Crippen LogP) is 5.91. The van der Waals surface area contributed by atoms with Crippen molar-refractivity contribution in [2.24, 2.45) is 0 Å². The maximum absolute atomic E-state index is 13.1. The first-order chi connectivity index (χ1) is 19.4. The molecule has 0 radical (unpaired) electrons. The van der Waals surface area contributed by atoms with Gasteiger partial charge in [0.1, 0.15) is 10.7 Å². The zero-order valence-electron chi connectivity index (χ0n) is 22.3. The number of H-pyrrole nitrogens is 1. The van der Waals surface area contributed by atoms with Gasteiger partial charge in [0.25, 0.3) is 11.5 Å². The summed E-state index contributed by atoms with van der Waals surface area (Å²) in [5, 5.41) is 0.646. The minimum absolute atomic E-state index is 0.168. The minimum atomic E-state index is -0.599. The molecule has 0 saturated heterocycles. The van der Waals surface area contributed by atoms with Gasteiger partial charge in [0, 0.05) is 23.5 Å². The van der Waals surface area contributed by atoms with Crippen molar-refractivity contribution in [3.05, 3.63) is 122 Å². The zero-order chi connectivity index (χ0) is 28.1. The van der Waals surface area contributed by atoms with Crippen LogP contribution in [0.15, 0.2) is 89.7 Å². The molecule has 8 heteroatoms. The summed E-state index contributed by atoms with van der Waals surface area (Å²) in [6.45, 7) is 4.46. The average molecular weight is 552 g/mol. The number of nitrogens with zero attached hydrogens (tertiary/aromatic N) is 2. The van der Waals surface area contributed by atoms with Crippen molar-refractivity contribution in [1.29, 1.82) is 0 Å². The molecule has 0 saturated carbocycles. The molecule has 0 aliphatic rings. The van der Waals surface area contributed by atoms with E-state index in [1.165, 1.54) is 11.3 Å². The number of benzene rings is 3. The van der Waals surface area contributed by atoms with Crippen molar-refractivity contribution in [3.8, 4) is 11.4 Å². The maximum Gasteiger partial charge on any atom is 0.338 e. The molecule has 7 nitrogen and oxygen atoms in total. The maximum atomic E-state index is 13.1. The molecule has 1 amide bonds. The molecule has 0 bridgehead atoms. The number of esters is 1. The number of hydrogen-bond donors (Lipinski definition) is 1. The van der Waals surface area contributed by atoms with E-state index in [-0.39, 0.29) is 18.1 Å². The van der Waals surface area contributed by atoms with E-state index in [0.29, 0.717) is 40.3 Å². The summed E-state index contributed by atoms with van der Waals surface area (Å²) < 4.78 is 5.39. The topological polar surface area (TPSA) is 92.4 Å². The van der Waals surface area contributed by atoms with Crippen molar-refractivity contribution < 1.29 is 14.3 Å². The molecule has 2 aromatic heterocycles. The van der Waals surface area contributed by atoms with Crippen LogP contribution in [0.2, 0.25) is 0 Å². The SMILES string of the molecule is CCc1c(C)sc2nc(-c3ccc(C(=O)OCC(=O)N(Cc4ccccc4)Cc4ccccc4)cc3)[nH]c(=O)c12. The Hall–Kier alpha value is -4.56. The molecule has 5 aromatic rings. The third-order valence-corrected chi connectivity index (χ3v) is 7.76. The van der Waals surface area contributed by atoms with E-state index in [9.17, 15) is 14.4 Å². The summed E-state index contributed by atoms with van der Waals surface area (Å²) >= 11 is 1.51. The van der Waals surface area contributed by atoms with Gasteiger partial charge in [-0.2, -0.15) is 0 Å². The Morgan fingerprint density at radius 3 is 2.08 bits per heavy atom. The summed E-state index contributed by atoms with van der Waals surface area (Å²) in [6.07, 6.45) is 0.769. The van der Waals surface area contributed by atoms with E-state index in [1.807, 2.05) is 74.5 Å². The van der Waals surface area contributed by atoms with Crippen LogP contribution in [-0.2, 0) is 29.0 Å². The molecule has 1 N–H and O–H groups in total. The molecule has 0 atom stereocenters. The largest absolute Gasteiger partial charge is 0.452 e. The predicted molar refractivity (Wildman–Crippen MR) is 157 cm³/mol. The van der Waals surface area contributed by atoms with Gasteiger partial charge >= 0.3 is 5.97 Å². The van der Waals surface area contributed by atoms with Crippen molar-refractivity contribution >= 4 is 33.4 Å². The van der Waals surface area contributed by atoms with Crippen LogP contribution in [0.25, 0.3) is 21.6 Å². The molecule has 0 unspecified atom stereocenters. The Morgan fingerprint density at radius 1 is 0.900 bits per heavy atom. The van der Waals surface area contributed by atoms with Gasteiger partial charge in [-0.25, -0.2) is 9.78 Å². The van der Waals surface area contributed by atoms with E-state index in [0.717, 1.165) is 28.0 Å². The lowest BCUT2D eigenvalue weighted by atomic mass is 10.1. The first-order valence-electron chi connectivity index (χ1n) is 13.1. The first-order valence-corrected chi connectivity index (χ1v) is 13.9. The molecule has 3 aromatic carbocycles. The second-order valence-electron chi connectivity index (χ2n) is 9.46. The van der Waals surface area contributed by atoms with Crippen LogP contribution in [0.4, 0.5) is 0 Å². The lowest BCUT2D eigenvalue weighted by molar-refractivity contribution is -0.135. The smallest absolute Gasteiger partial charge is 0.338 e. The lowest BCUT2D eigenvalue weighted by Crippen LogP contribution is -2.33. The number of aryl methyl sites for hydroxylation is 2. The summed E-state index contributed by atoms with van der Waals surface area (Å²) in [5.74, 6) is -0.447. The number of thiophene rings is 1. The summed E-state index contributed by atoms with van der Waals surface area (Å²) in [5.41, 5.74) is 3.81. The molecule has 0 fully saturated rings. The normalized spacial score (nSPS) is 10.9. The molecule has 2 heterocycles. The van der Waals surface area contributed by atoms with Crippen molar-refractivity contribution in [2.45, 2.75) is 33.4 Å². The molecule has 0 spiro atoms. The second kappa shape index (κ2) is 12.1. The van der Waals surface area contributed by atoms with E-state index in [1.54, 1.807) is 29.2 Å². The Bertz CT molecular complexity index is 1650. The highest BCUT2D eigenvalue weighted by molar-refractivity contribution is 7.18. The van der Waals surface area contributed by atoms with Crippen LogP contribution in [0.1, 0.15) is 38.8 Å². The fourth-order valence-corrected chi connectivity index (χ4v) is 5.76. The van der Waals surface area contributed by atoms with Crippen LogP contribution < -0.4 is 5.56 Å². The van der Waals surface area contributed by atoms with Crippen LogP contribution in [0, 0.1) is 6.92 Å². The van der Waals surface area contributed by atoms with Gasteiger partial charge in [0.05, 0.1) is 10.9 Å². The monoisotopic (exact) mass is 551 g/mol. The van der Waals surface area contributed by atoms with Crippen LogP contribution in [0.3, 0.4) is 0 Å². The number of ether oxygens (including phenoxy) is 1. The van der Waals surface area contributed by atoms with Gasteiger partial charge in [-0.3, -0.25) is 9.59 Å². The van der Waals surface area contributed by atoms with Gasteiger partial charge in [-0.15, -0.1) is 11.3 Å². The summed E-state index contributed by atoms with van der Waals surface area (Å²) in [7, 11) is 0. The minimum Gasteiger partial charge on any atom is -0.452 e. The number of fused-ring (bicyclic) bond motifs is 1. The highest BCUT2D eigenvalue weighted by Gasteiger charge is 2.19. The standard InChI is InChI=1S/C32H29N3O4S/c1-3-26-21(2)40-31-28(26)30(37)33-29(34-31)24-14-16-25(17-15-24)32(38)39-20-27(36)35(18-22-10-6-4-7-11-22)19-23-12-8-5-9-13-23/h4-17H,3,18-20H2,1-2H3,(H,33,34,37). The average Bonchev–Trinajstić information content (AvgIpc) is 3.31. The quantitative estimate of drug-likeness (QED) is 0.230. The van der Waals surface area contributed by atoms with Crippen LogP contribution in [-0.4, -0.2) is 33.4 Å². The highest BCUT2D eigenvalue weighted by atomic mass is 32.1. The Morgan fingerprint density at radius 2 is 1.50 bits per heavy atom. The Labute approximate surface area is 236 Å². The third kappa shape index (κ3) is 6.02. The molecule has 40 heavy (non-hydrogen) atoms. The fraction of sp³-hybridized carbons (Fsp3) is 0.188. The number of nitrogens with one attached hydrogen (secondary N) is 1. The van der Waals surface area contributed by atoms with Crippen molar-refractivity contribution in [1.82, 2.24) is 14.9 Å². The van der Waals surface area contributed by atoms with Gasteiger partial charge in [0.15, 0.2) is 6.61 Å². The number of rotatable bonds is 9. The van der Waals surface area contributed by atoms with E-state index in [2.05, 4.69) is 9.97 Å². The third-order valence-electron chi connectivity index (χ3n) is 6.72.